The van der Waals surface area contributed by atoms with E-state index in [2.05, 4.69) is 51.9 Å². The van der Waals surface area contributed by atoms with Crippen LogP contribution in [0, 0.1) is 0 Å². The first-order valence-electron chi connectivity index (χ1n) is 10.1. The molecule has 3 aromatic heterocycles. The zero-order valence-corrected chi connectivity index (χ0v) is 18.7. The topological polar surface area (TPSA) is 85.0 Å². The number of sulfonamides is 1. The lowest BCUT2D eigenvalue weighted by Gasteiger charge is -2.18. The maximum atomic E-state index is 12.9. The summed E-state index contributed by atoms with van der Waals surface area (Å²) in [7, 11) is 1.88. The van der Waals surface area contributed by atoms with E-state index in [1.165, 1.54) is 22.0 Å². The Morgan fingerprint density at radius 1 is 1.13 bits per heavy atom. The molecule has 1 atom stereocenters. The van der Waals surface area contributed by atoms with E-state index in [1.807, 2.05) is 17.8 Å². The van der Waals surface area contributed by atoms with Crippen molar-refractivity contribution in [2.75, 3.05) is 16.7 Å². The first kappa shape index (κ1) is 19.6. The minimum Gasteiger partial charge on any atom is -0.371 e. The number of hydrogen-bond donors (Lipinski definition) is 1. The first-order valence-corrected chi connectivity index (χ1v) is 11.6. The quantitative estimate of drug-likeness (QED) is 0.531. The second-order valence-corrected chi connectivity index (χ2v) is 9.78. The molecule has 0 bridgehead atoms. The van der Waals surface area contributed by atoms with Crippen LogP contribution in [0.5, 0.6) is 0 Å². The van der Waals surface area contributed by atoms with Crippen LogP contribution in [-0.2, 0) is 30.5 Å². The number of aromatic nitrogens is 4. The van der Waals surface area contributed by atoms with Gasteiger partial charge in [-0.05, 0) is 42.7 Å². The molecule has 0 radical (unpaired) electrons. The summed E-state index contributed by atoms with van der Waals surface area (Å²) in [6.07, 6.45) is 6.24. The molecular formula is C22H24N6O2S. The molecule has 1 aliphatic heterocycles. The lowest BCUT2D eigenvalue weighted by molar-refractivity contribution is 0.593. The van der Waals surface area contributed by atoms with E-state index < -0.39 is 10.0 Å². The Hall–Kier alpha value is -3.33. The van der Waals surface area contributed by atoms with Gasteiger partial charge < -0.3 is 9.47 Å². The van der Waals surface area contributed by atoms with Crippen LogP contribution in [0.2, 0.25) is 0 Å². The molecule has 9 heteroatoms. The van der Waals surface area contributed by atoms with Crippen LogP contribution >= 0.6 is 0 Å². The van der Waals surface area contributed by atoms with Gasteiger partial charge in [0.05, 0.1) is 11.1 Å². The van der Waals surface area contributed by atoms with Crippen molar-refractivity contribution in [1.82, 2.24) is 19.3 Å². The third kappa shape index (κ3) is 3.16. The van der Waals surface area contributed by atoms with E-state index in [0.717, 1.165) is 22.9 Å². The number of nitrogens with zero attached hydrogens (tertiary/aromatic N) is 5. The number of anilines is 2. The van der Waals surface area contributed by atoms with Gasteiger partial charge in [-0.2, -0.15) is 13.5 Å². The highest BCUT2D eigenvalue weighted by molar-refractivity contribution is 7.92. The van der Waals surface area contributed by atoms with E-state index in [-0.39, 0.29) is 5.03 Å². The standard InChI is InChI=1S/C22H24N6O2S/c1-14-11-16-6-5-15(12-19(16)28(14)4)17-13-26(2)22-21(17)18(7-9-23-22)25-31(29,30)20-8-10-27(3)24-20/h5-10,12-14H,11H2,1-4H3,(H,23,25). The highest BCUT2D eigenvalue weighted by atomic mass is 32.2. The molecule has 0 saturated carbocycles. The van der Waals surface area contributed by atoms with Gasteiger partial charge in [0.25, 0.3) is 10.0 Å². The first-order chi connectivity index (χ1) is 14.7. The summed E-state index contributed by atoms with van der Waals surface area (Å²) in [4.78, 5) is 6.78. The second-order valence-electron chi connectivity index (χ2n) is 8.15. The van der Waals surface area contributed by atoms with Gasteiger partial charge in [-0.1, -0.05) is 12.1 Å². The SMILES string of the molecule is CC1Cc2ccc(-c3cn(C)c4nccc(NS(=O)(=O)c5ccn(C)n5)c34)cc2N1C. The van der Waals surface area contributed by atoms with Crippen molar-refractivity contribution in [2.24, 2.45) is 14.1 Å². The fourth-order valence-electron chi connectivity index (χ4n) is 4.27. The van der Waals surface area contributed by atoms with Crippen LogP contribution in [0.3, 0.4) is 0 Å². The van der Waals surface area contributed by atoms with Crippen molar-refractivity contribution < 1.29 is 8.42 Å². The van der Waals surface area contributed by atoms with Gasteiger partial charge in [0.1, 0.15) is 5.65 Å². The summed E-state index contributed by atoms with van der Waals surface area (Å²) < 4.78 is 31.9. The van der Waals surface area contributed by atoms with Crippen LogP contribution in [0.15, 0.2) is 53.9 Å². The van der Waals surface area contributed by atoms with Crippen molar-refractivity contribution in [1.29, 1.82) is 0 Å². The number of rotatable bonds is 4. The molecule has 4 heterocycles. The maximum Gasteiger partial charge on any atom is 0.281 e. The Morgan fingerprint density at radius 2 is 1.94 bits per heavy atom. The number of benzene rings is 1. The van der Waals surface area contributed by atoms with Crippen LogP contribution in [0.4, 0.5) is 11.4 Å². The van der Waals surface area contributed by atoms with Gasteiger partial charge in [0.15, 0.2) is 5.03 Å². The second kappa shape index (κ2) is 6.84. The third-order valence-corrected chi connectivity index (χ3v) is 7.28. The summed E-state index contributed by atoms with van der Waals surface area (Å²) in [5.74, 6) is 0. The Morgan fingerprint density at radius 3 is 2.68 bits per heavy atom. The minimum atomic E-state index is -3.83. The van der Waals surface area contributed by atoms with E-state index in [0.29, 0.717) is 17.4 Å². The summed E-state index contributed by atoms with van der Waals surface area (Å²) >= 11 is 0. The van der Waals surface area contributed by atoms with E-state index >= 15 is 0 Å². The fourth-order valence-corrected chi connectivity index (χ4v) is 5.31. The van der Waals surface area contributed by atoms with Crippen molar-refractivity contribution in [3.8, 4) is 11.1 Å². The molecule has 4 aromatic rings. The predicted molar refractivity (Wildman–Crippen MR) is 122 cm³/mol. The van der Waals surface area contributed by atoms with Crippen molar-refractivity contribution in [3.05, 3.63) is 54.5 Å². The molecule has 160 valence electrons. The number of nitrogens with one attached hydrogen (secondary N) is 1. The number of hydrogen-bond acceptors (Lipinski definition) is 5. The summed E-state index contributed by atoms with van der Waals surface area (Å²) in [6.45, 7) is 2.21. The van der Waals surface area contributed by atoms with Crippen molar-refractivity contribution in [2.45, 2.75) is 24.4 Å². The summed E-state index contributed by atoms with van der Waals surface area (Å²) in [5.41, 5.74) is 5.68. The van der Waals surface area contributed by atoms with E-state index in [4.69, 9.17) is 0 Å². The van der Waals surface area contributed by atoms with Crippen LogP contribution in [-0.4, -0.2) is 40.8 Å². The monoisotopic (exact) mass is 436 g/mol. The van der Waals surface area contributed by atoms with Gasteiger partial charge >= 0.3 is 0 Å². The normalized spacial score (nSPS) is 16.1. The Labute approximate surface area is 181 Å². The minimum absolute atomic E-state index is 0.0226. The molecule has 0 amide bonds. The molecule has 0 saturated heterocycles. The van der Waals surface area contributed by atoms with Crippen molar-refractivity contribution >= 4 is 32.4 Å². The molecule has 31 heavy (non-hydrogen) atoms. The smallest absolute Gasteiger partial charge is 0.281 e. The molecule has 1 N–H and O–H groups in total. The van der Waals surface area contributed by atoms with Crippen LogP contribution < -0.4 is 9.62 Å². The molecule has 1 aliphatic rings. The molecule has 0 aliphatic carbocycles. The number of pyridine rings is 1. The van der Waals surface area contributed by atoms with Gasteiger partial charge in [0.2, 0.25) is 0 Å². The van der Waals surface area contributed by atoms with Crippen LogP contribution in [0.1, 0.15) is 12.5 Å². The van der Waals surface area contributed by atoms with Gasteiger partial charge in [-0.3, -0.25) is 9.40 Å². The van der Waals surface area contributed by atoms with Crippen molar-refractivity contribution in [3.63, 3.8) is 0 Å². The molecule has 0 fully saturated rings. The molecule has 5 rings (SSSR count). The molecule has 8 nitrogen and oxygen atoms in total. The third-order valence-electron chi connectivity index (χ3n) is 6.02. The Kier molecular flexibility index (Phi) is 4.33. The Balaban J connectivity index is 1.65. The van der Waals surface area contributed by atoms with Crippen LogP contribution in [0.25, 0.3) is 22.2 Å². The van der Waals surface area contributed by atoms with Gasteiger partial charge in [0, 0.05) is 57.0 Å². The average Bonchev–Trinajstić information content (AvgIpc) is 3.39. The molecular weight excluding hydrogens is 412 g/mol. The lowest BCUT2D eigenvalue weighted by atomic mass is 10.0. The Bertz CT molecular complexity index is 1420. The number of fused-ring (bicyclic) bond motifs is 2. The molecule has 0 spiro atoms. The molecule has 1 aromatic carbocycles. The zero-order chi connectivity index (χ0) is 21.9. The van der Waals surface area contributed by atoms with E-state index in [9.17, 15) is 8.42 Å². The fraction of sp³-hybridized carbons (Fsp3) is 0.273. The largest absolute Gasteiger partial charge is 0.371 e. The highest BCUT2D eigenvalue weighted by Crippen LogP contribution is 2.39. The zero-order valence-electron chi connectivity index (χ0n) is 17.9. The summed E-state index contributed by atoms with van der Waals surface area (Å²) in [6, 6.07) is 10.1. The number of likely N-dealkylation sites (N-methyl/N-ethyl adjacent to an activating group) is 1. The molecule has 1 unspecified atom stereocenters. The van der Waals surface area contributed by atoms with Gasteiger partial charge in [-0.15, -0.1) is 0 Å². The maximum absolute atomic E-state index is 12.9. The summed E-state index contributed by atoms with van der Waals surface area (Å²) in [5, 5.41) is 4.78. The average molecular weight is 437 g/mol. The predicted octanol–water partition coefficient (Wildman–Crippen LogP) is 3.16. The highest BCUT2D eigenvalue weighted by Gasteiger charge is 2.25. The lowest BCUT2D eigenvalue weighted by Crippen LogP contribution is -2.23. The van der Waals surface area contributed by atoms with E-state index in [1.54, 1.807) is 25.5 Å². The van der Waals surface area contributed by atoms with Gasteiger partial charge in [-0.25, -0.2) is 4.98 Å². The number of aryl methyl sites for hydroxylation is 2.